The van der Waals surface area contributed by atoms with Crippen molar-refractivity contribution in [2.24, 2.45) is 5.41 Å². The number of benzene rings is 3. The van der Waals surface area contributed by atoms with Crippen LogP contribution in [0.5, 0.6) is 5.75 Å². The van der Waals surface area contributed by atoms with Gasteiger partial charge < -0.3 is 9.47 Å². The van der Waals surface area contributed by atoms with Gasteiger partial charge in [0.1, 0.15) is 16.8 Å². The van der Waals surface area contributed by atoms with Crippen molar-refractivity contribution in [3.05, 3.63) is 77.9 Å². The lowest BCUT2D eigenvalue weighted by Gasteiger charge is -2.29. The van der Waals surface area contributed by atoms with Crippen molar-refractivity contribution in [3.63, 3.8) is 0 Å². The molecule has 1 aliphatic carbocycles. The predicted molar refractivity (Wildman–Crippen MR) is 122 cm³/mol. The number of esters is 2. The van der Waals surface area contributed by atoms with E-state index < -0.39 is 23.0 Å². The summed E-state index contributed by atoms with van der Waals surface area (Å²) in [7, 11) is 0. The maximum atomic E-state index is 13.3. The van der Waals surface area contributed by atoms with Crippen LogP contribution >= 0.6 is 0 Å². The van der Waals surface area contributed by atoms with E-state index in [-0.39, 0.29) is 25.0 Å². The topological polar surface area (TPSA) is 69.7 Å². The van der Waals surface area contributed by atoms with Crippen LogP contribution < -0.4 is 4.74 Å². The van der Waals surface area contributed by atoms with Gasteiger partial charge in [0.25, 0.3) is 0 Å². The van der Waals surface area contributed by atoms with Gasteiger partial charge in [-0.25, -0.2) is 0 Å². The molecular weight excluding hydrogens is 404 g/mol. The normalized spacial score (nSPS) is 17.8. The van der Waals surface area contributed by atoms with E-state index >= 15 is 0 Å². The zero-order chi connectivity index (χ0) is 22.9. The molecular formula is C27H26O5. The first kappa shape index (κ1) is 21.8. The second kappa shape index (κ2) is 8.23. The summed E-state index contributed by atoms with van der Waals surface area (Å²) in [4.78, 5) is 39.3. The molecule has 5 nitrogen and oxygen atoms in total. The maximum absolute atomic E-state index is 13.3. The number of hydrogen-bond acceptors (Lipinski definition) is 5. The molecule has 3 aromatic rings. The number of ketones is 1. The van der Waals surface area contributed by atoms with Crippen molar-refractivity contribution in [2.75, 3.05) is 0 Å². The van der Waals surface area contributed by atoms with Crippen LogP contribution in [-0.4, -0.2) is 23.3 Å². The molecule has 0 radical (unpaired) electrons. The molecule has 164 valence electrons. The first-order chi connectivity index (χ1) is 15.2. The Kier molecular flexibility index (Phi) is 5.59. The quantitative estimate of drug-likeness (QED) is 0.312. The first-order valence-electron chi connectivity index (χ1n) is 10.7. The highest BCUT2D eigenvalue weighted by Crippen LogP contribution is 2.42. The smallest absolute Gasteiger partial charge is 0.320 e. The molecule has 32 heavy (non-hydrogen) atoms. The van der Waals surface area contributed by atoms with E-state index in [4.69, 9.17) is 9.47 Å². The van der Waals surface area contributed by atoms with E-state index in [1.807, 2.05) is 48.5 Å². The van der Waals surface area contributed by atoms with Crippen LogP contribution in [0, 0.1) is 5.41 Å². The van der Waals surface area contributed by atoms with Gasteiger partial charge in [-0.15, -0.1) is 0 Å². The van der Waals surface area contributed by atoms with E-state index in [9.17, 15) is 14.4 Å². The molecule has 0 unspecified atom stereocenters. The summed E-state index contributed by atoms with van der Waals surface area (Å²) in [5, 5.41) is 1.79. The Balaban J connectivity index is 1.56. The van der Waals surface area contributed by atoms with Crippen molar-refractivity contribution >= 4 is 28.5 Å². The Labute approximate surface area is 187 Å². The average Bonchev–Trinajstić information content (AvgIpc) is 3.05. The summed E-state index contributed by atoms with van der Waals surface area (Å²) in [6.45, 7) is 5.29. The molecule has 1 aliphatic rings. The number of ether oxygens (including phenoxy) is 2. The Morgan fingerprint density at radius 3 is 2.38 bits per heavy atom. The standard InChI is InChI=1S/C27H26O5/c1-26(2,3)32-25(30)27(17-19-10-5-7-13-21(19)24(27)29)16-15-23(28)31-22-14-8-11-18-9-4-6-12-20(18)22/h4-14H,15-17H2,1-3H3/t27-/m1/s1. The van der Waals surface area contributed by atoms with Crippen LogP contribution in [-0.2, 0) is 20.7 Å². The molecule has 5 heteroatoms. The summed E-state index contributed by atoms with van der Waals surface area (Å²) >= 11 is 0. The molecule has 4 rings (SSSR count). The lowest BCUT2D eigenvalue weighted by Crippen LogP contribution is -2.42. The van der Waals surface area contributed by atoms with E-state index in [0.717, 1.165) is 16.3 Å². The fourth-order valence-corrected chi connectivity index (χ4v) is 4.18. The summed E-state index contributed by atoms with van der Waals surface area (Å²) in [5.41, 5.74) is -0.858. The number of hydrogen-bond donors (Lipinski definition) is 0. The van der Waals surface area contributed by atoms with Gasteiger partial charge in [-0.3, -0.25) is 14.4 Å². The van der Waals surface area contributed by atoms with Gasteiger partial charge in [-0.2, -0.15) is 0 Å². The molecule has 0 spiro atoms. The maximum Gasteiger partial charge on any atom is 0.320 e. The van der Waals surface area contributed by atoms with Gasteiger partial charge >= 0.3 is 11.9 Å². The van der Waals surface area contributed by atoms with Crippen molar-refractivity contribution < 1.29 is 23.9 Å². The van der Waals surface area contributed by atoms with Crippen molar-refractivity contribution in [1.82, 2.24) is 0 Å². The zero-order valence-electron chi connectivity index (χ0n) is 18.5. The van der Waals surface area contributed by atoms with E-state index in [0.29, 0.717) is 11.3 Å². The van der Waals surface area contributed by atoms with Crippen LogP contribution in [0.4, 0.5) is 0 Å². The van der Waals surface area contributed by atoms with Crippen LogP contribution in [0.2, 0.25) is 0 Å². The average molecular weight is 431 g/mol. The van der Waals surface area contributed by atoms with Gasteiger partial charge in [-0.1, -0.05) is 60.7 Å². The third-order valence-corrected chi connectivity index (χ3v) is 5.71. The summed E-state index contributed by atoms with van der Waals surface area (Å²) < 4.78 is 11.2. The Hall–Kier alpha value is -3.47. The highest BCUT2D eigenvalue weighted by molar-refractivity contribution is 6.16. The summed E-state index contributed by atoms with van der Waals surface area (Å²) in [5.74, 6) is -0.919. The molecule has 0 N–H and O–H groups in total. The molecule has 0 saturated carbocycles. The molecule has 0 fully saturated rings. The van der Waals surface area contributed by atoms with Gasteiger partial charge in [-0.05, 0) is 50.6 Å². The highest BCUT2D eigenvalue weighted by atomic mass is 16.6. The highest BCUT2D eigenvalue weighted by Gasteiger charge is 2.53. The predicted octanol–water partition coefficient (Wildman–Crippen LogP) is 5.29. The van der Waals surface area contributed by atoms with Crippen molar-refractivity contribution in [1.29, 1.82) is 0 Å². The fraction of sp³-hybridized carbons (Fsp3) is 0.296. The molecule has 0 amide bonds. The molecule has 0 saturated heterocycles. The SMILES string of the molecule is CC(C)(C)OC(=O)[C@]1(CCC(=O)Oc2cccc3ccccc23)Cc2ccccc2C1=O. The number of Topliss-reactive ketones (excluding diaryl/α,β-unsaturated/α-hetero) is 1. The number of fused-ring (bicyclic) bond motifs is 2. The zero-order valence-corrected chi connectivity index (χ0v) is 18.5. The molecule has 3 aromatic carbocycles. The lowest BCUT2D eigenvalue weighted by atomic mass is 9.79. The number of rotatable bonds is 5. The van der Waals surface area contributed by atoms with Crippen molar-refractivity contribution in [3.8, 4) is 5.75 Å². The van der Waals surface area contributed by atoms with Crippen LogP contribution in [0.1, 0.15) is 49.5 Å². The third kappa shape index (κ3) is 4.15. The van der Waals surface area contributed by atoms with E-state index in [1.54, 1.807) is 39.0 Å². The number of carbonyl (C=O) groups excluding carboxylic acids is 3. The molecule has 0 aromatic heterocycles. The van der Waals surface area contributed by atoms with Gasteiger partial charge in [0, 0.05) is 17.4 Å². The third-order valence-electron chi connectivity index (χ3n) is 5.71. The Bertz CT molecular complexity index is 1200. The first-order valence-corrected chi connectivity index (χ1v) is 10.7. The molecule has 0 aliphatic heterocycles. The van der Waals surface area contributed by atoms with Gasteiger partial charge in [0.05, 0.1) is 0 Å². The van der Waals surface area contributed by atoms with Crippen molar-refractivity contribution in [2.45, 2.75) is 45.6 Å². The Morgan fingerprint density at radius 1 is 0.938 bits per heavy atom. The van der Waals surface area contributed by atoms with Gasteiger partial charge in [0.15, 0.2) is 5.78 Å². The van der Waals surface area contributed by atoms with E-state index in [2.05, 4.69) is 0 Å². The summed E-state index contributed by atoms with van der Waals surface area (Å²) in [6, 6.07) is 20.3. The minimum absolute atomic E-state index is 0.0268. The Morgan fingerprint density at radius 2 is 1.62 bits per heavy atom. The fourth-order valence-electron chi connectivity index (χ4n) is 4.18. The largest absolute Gasteiger partial charge is 0.459 e. The molecule has 1 atom stereocenters. The molecule has 0 heterocycles. The van der Waals surface area contributed by atoms with Crippen LogP contribution in [0.3, 0.4) is 0 Å². The monoisotopic (exact) mass is 430 g/mol. The number of carbonyl (C=O) groups is 3. The van der Waals surface area contributed by atoms with Crippen LogP contribution in [0.25, 0.3) is 10.8 Å². The van der Waals surface area contributed by atoms with E-state index in [1.165, 1.54) is 0 Å². The minimum atomic E-state index is -1.42. The minimum Gasteiger partial charge on any atom is -0.459 e. The second-order valence-electron chi connectivity index (χ2n) is 9.20. The summed E-state index contributed by atoms with van der Waals surface area (Å²) in [6.07, 6.45) is 0.166. The lowest BCUT2D eigenvalue weighted by molar-refractivity contribution is -0.164. The van der Waals surface area contributed by atoms with Crippen LogP contribution in [0.15, 0.2) is 66.7 Å². The van der Waals surface area contributed by atoms with Gasteiger partial charge in [0.2, 0.25) is 0 Å². The second-order valence-corrected chi connectivity index (χ2v) is 9.20. The molecule has 0 bridgehead atoms.